The Morgan fingerprint density at radius 2 is 1.87 bits per heavy atom. The number of alkyl halides is 3. The molecule has 1 aliphatic carbocycles. The quantitative estimate of drug-likeness (QED) is 0.609. The van der Waals surface area contributed by atoms with Crippen molar-refractivity contribution in [2.75, 3.05) is 13.1 Å². The van der Waals surface area contributed by atoms with Crippen molar-refractivity contribution in [3.63, 3.8) is 0 Å². The number of nitrogens with zero attached hydrogens (tertiary/aromatic N) is 4. The zero-order valence-corrected chi connectivity index (χ0v) is 21.8. The highest BCUT2D eigenvalue weighted by molar-refractivity contribution is 5.93. The molecule has 2 heterocycles. The second-order valence-corrected chi connectivity index (χ2v) is 10.7. The molecule has 0 bridgehead atoms. The average Bonchev–Trinajstić information content (AvgIpc) is 3.17. The third kappa shape index (κ3) is 6.03. The molecule has 1 saturated carbocycles. The molecule has 1 aromatic carbocycles. The van der Waals surface area contributed by atoms with Crippen LogP contribution in [-0.4, -0.2) is 58.1 Å². The molecular formula is C26H31F3N6O3. The molecule has 4 rings (SSSR count). The van der Waals surface area contributed by atoms with E-state index in [4.69, 9.17) is 0 Å². The number of amides is 3. The molecule has 9 nitrogen and oxygen atoms in total. The maximum atomic E-state index is 13.3. The molecule has 1 aromatic heterocycles. The van der Waals surface area contributed by atoms with E-state index in [-0.39, 0.29) is 23.8 Å². The number of rotatable bonds is 5. The van der Waals surface area contributed by atoms with Gasteiger partial charge in [-0.3, -0.25) is 14.4 Å². The molecule has 4 atom stereocenters. The Balaban J connectivity index is 0.000000934. The van der Waals surface area contributed by atoms with Crippen molar-refractivity contribution in [3.8, 4) is 6.07 Å². The molecule has 38 heavy (non-hydrogen) atoms. The minimum absolute atomic E-state index is 0.0149. The summed E-state index contributed by atoms with van der Waals surface area (Å²) in [6, 6.07) is 6.76. The Morgan fingerprint density at radius 1 is 1.21 bits per heavy atom. The Morgan fingerprint density at radius 3 is 2.47 bits per heavy atom. The van der Waals surface area contributed by atoms with Crippen molar-refractivity contribution >= 4 is 28.6 Å². The van der Waals surface area contributed by atoms with E-state index in [2.05, 4.69) is 36.3 Å². The number of nitriles is 1. The van der Waals surface area contributed by atoms with Gasteiger partial charge in [-0.05, 0) is 40.9 Å². The second kappa shape index (κ2) is 10.9. The third-order valence-corrected chi connectivity index (χ3v) is 6.77. The summed E-state index contributed by atoms with van der Waals surface area (Å²) in [5.41, 5.74) is 0.796. The largest absolute Gasteiger partial charge is 0.471 e. The van der Waals surface area contributed by atoms with Crippen LogP contribution in [0.15, 0.2) is 30.5 Å². The van der Waals surface area contributed by atoms with Crippen molar-refractivity contribution in [1.82, 2.24) is 25.7 Å². The minimum atomic E-state index is -5.12. The van der Waals surface area contributed by atoms with Crippen LogP contribution in [-0.2, 0) is 14.4 Å². The van der Waals surface area contributed by atoms with Gasteiger partial charge in [0.25, 0.3) is 0 Å². The standard InChI is InChI=1S/C22H21F3N6O3.C4H10/c1-21(2)13-10-31(16(32)9-27-20(34)22(23,24)25)18(17(13)21)19(33)29-15(8-26)11-4-3-5-14-12(11)6-7-28-30-14;1-4(2)3/h3-7,13,15,17-18H,9-10H2,1-2H3,(H,27,34)(H,29,33);4H,1-3H3/t13?,15?,17?,18-;/m0./s1. The van der Waals surface area contributed by atoms with Crippen molar-refractivity contribution in [2.24, 2.45) is 23.2 Å². The number of halogens is 3. The predicted molar refractivity (Wildman–Crippen MR) is 132 cm³/mol. The number of aromatic nitrogens is 2. The summed E-state index contributed by atoms with van der Waals surface area (Å²) in [4.78, 5) is 38.2. The first-order chi connectivity index (χ1) is 17.7. The minimum Gasteiger partial charge on any atom is -0.339 e. The third-order valence-electron chi connectivity index (χ3n) is 6.77. The van der Waals surface area contributed by atoms with Crippen LogP contribution in [0.4, 0.5) is 13.2 Å². The lowest BCUT2D eigenvalue weighted by Gasteiger charge is -2.31. The van der Waals surface area contributed by atoms with Gasteiger partial charge in [0.1, 0.15) is 12.1 Å². The van der Waals surface area contributed by atoms with Gasteiger partial charge in [-0.25, -0.2) is 0 Å². The summed E-state index contributed by atoms with van der Waals surface area (Å²) >= 11 is 0. The van der Waals surface area contributed by atoms with Crippen LogP contribution in [0.3, 0.4) is 0 Å². The molecule has 204 valence electrons. The van der Waals surface area contributed by atoms with E-state index in [0.717, 1.165) is 5.92 Å². The summed E-state index contributed by atoms with van der Waals surface area (Å²) in [6.45, 7) is 9.69. The topological polar surface area (TPSA) is 128 Å². The molecule has 3 unspecified atom stereocenters. The van der Waals surface area contributed by atoms with Gasteiger partial charge in [-0.15, -0.1) is 0 Å². The van der Waals surface area contributed by atoms with Crippen LogP contribution in [0.1, 0.15) is 46.2 Å². The molecule has 2 fully saturated rings. The number of likely N-dealkylation sites (tertiary alicyclic amines) is 1. The fourth-order valence-electron chi connectivity index (χ4n) is 4.90. The van der Waals surface area contributed by atoms with E-state index in [1.54, 1.807) is 29.6 Å². The first-order valence-electron chi connectivity index (χ1n) is 12.2. The van der Waals surface area contributed by atoms with Gasteiger partial charge in [-0.1, -0.05) is 46.8 Å². The fraction of sp³-hybridized carbons (Fsp3) is 0.538. The van der Waals surface area contributed by atoms with Gasteiger partial charge in [0.05, 0.1) is 24.3 Å². The van der Waals surface area contributed by atoms with Gasteiger partial charge in [0.15, 0.2) is 0 Å². The van der Waals surface area contributed by atoms with Crippen LogP contribution >= 0.6 is 0 Å². The van der Waals surface area contributed by atoms with Gasteiger partial charge in [-0.2, -0.15) is 28.6 Å². The SMILES string of the molecule is CC(C)C.CC1(C)C2CN(C(=O)CNC(=O)C(F)(F)F)[C@H](C(=O)NC(C#N)c3cccc4nnccc34)C21. The highest BCUT2D eigenvalue weighted by atomic mass is 19.4. The van der Waals surface area contributed by atoms with E-state index in [1.165, 1.54) is 11.1 Å². The van der Waals surface area contributed by atoms with E-state index in [0.29, 0.717) is 16.5 Å². The predicted octanol–water partition coefficient (Wildman–Crippen LogP) is 3.13. The van der Waals surface area contributed by atoms with Crippen molar-refractivity contribution in [2.45, 2.75) is 52.9 Å². The highest BCUT2D eigenvalue weighted by Gasteiger charge is 2.69. The lowest BCUT2D eigenvalue weighted by molar-refractivity contribution is -0.174. The van der Waals surface area contributed by atoms with E-state index in [9.17, 15) is 32.8 Å². The summed E-state index contributed by atoms with van der Waals surface area (Å²) in [5, 5.41) is 22.4. The Kier molecular flexibility index (Phi) is 8.29. The Bertz CT molecular complexity index is 1250. The number of piperidine rings is 1. The molecule has 0 spiro atoms. The maximum absolute atomic E-state index is 13.3. The number of fused-ring (bicyclic) bond motifs is 2. The number of benzene rings is 1. The van der Waals surface area contributed by atoms with Crippen molar-refractivity contribution in [3.05, 3.63) is 36.0 Å². The zero-order chi connectivity index (χ0) is 28.4. The highest BCUT2D eigenvalue weighted by Crippen LogP contribution is 2.64. The zero-order valence-electron chi connectivity index (χ0n) is 21.8. The number of nitrogens with one attached hydrogen (secondary N) is 2. The average molecular weight is 533 g/mol. The van der Waals surface area contributed by atoms with Gasteiger partial charge < -0.3 is 15.5 Å². The molecular weight excluding hydrogens is 501 g/mol. The van der Waals surface area contributed by atoms with Gasteiger partial charge >= 0.3 is 12.1 Å². The normalized spacial score (nSPS) is 22.0. The lowest BCUT2D eigenvalue weighted by atomic mass is 9.98. The Labute approximate surface area is 218 Å². The molecule has 0 radical (unpaired) electrons. The van der Waals surface area contributed by atoms with Crippen LogP contribution in [0.2, 0.25) is 0 Å². The van der Waals surface area contributed by atoms with Crippen LogP contribution in [0.25, 0.3) is 10.9 Å². The molecule has 1 saturated heterocycles. The van der Waals surface area contributed by atoms with Gasteiger partial charge in [0, 0.05) is 11.9 Å². The molecule has 1 aliphatic heterocycles. The molecule has 2 N–H and O–H groups in total. The van der Waals surface area contributed by atoms with E-state index in [1.807, 2.05) is 19.9 Å². The van der Waals surface area contributed by atoms with Crippen molar-refractivity contribution in [1.29, 1.82) is 5.26 Å². The van der Waals surface area contributed by atoms with Crippen molar-refractivity contribution < 1.29 is 27.6 Å². The number of carbonyl (C=O) groups is 3. The Hall–Kier alpha value is -3.75. The number of carbonyl (C=O) groups excluding carboxylic acids is 3. The maximum Gasteiger partial charge on any atom is 0.471 e. The second-order valence-electron chi connectivity index (χ2n) is 10.7. The molecule has 3 amide bonds. The van der Waals surface area contributed by atoms with Crippen LogP contribution < -0.4 is 10.6 Å². The molecule has 2 aliphatic rings. The summed E-state index contributed by atoms with van der Waals surface area (Å²) < 4.78 is 37.4. The van der Waals surface area contributed by atoms with Crippen LogP contribution in [0.5, 0.6) is 0 Å². The molecule has 12 heteroatoms. The smallest absolute Gasteiger partial charge is 0.339 e. The van der Waals surface area contributed by atoms with E-state index < -0.39 is 42.5 Å². The molecule has 2 aromatic rings. The van der Waals surface area contributed by atoms with E-state index >= 15 is 0 Å². The number of hydrogen-bond acceptors (Lipinski definition) is 6. The van der Waals surface area contributed by atoms with Gasteiger partial charge in [0.2, 0.25) is 11.8 Å². The summed E-state index contributed by atoms with van der Waals surface area (Å²) in [7, 11) is 0. The summed E-state index contributed by atoms with van der Waals surface area (Å²) in [6.07, 6.45) is -3.65. The number of hydrogen-bond donors (Lipinski definition) is 2. The summed E-state index contributed by atoms with van der Waals surface area (Å²) in [5.74, 6) is -3.00. The van der Waals surface area contributed by atoms with Crippen LogP contribution in [0, 0.1) is 34.5 Å². The first-order valence-corrected chi connectivity index (χ1v) is 12.2. The fourth-order valence-corrected chi connectivity index (χ4v) is 4.90. The first kappa shape index (κ1) is 28.8. The lowest BCUT2D eigenvalue weighted by Crippen LogP contribution is -2.53. The monoisotopic (exact) mass is 532 g/mol.